The summed E-state index contributed by atoms with van der Waals surface area (Å²) >= 11 is 0. The van der Waals surface area contributed by atoms with Crippen molar-refractivity contribution in [1.82, 2.24) is 4.31 Å². The Balaban J connectivity index is 1.94. The molecule has 0 N–H and O–H groups in total. The van der Waals surface area contributed by atoms with Gasteiger partial charge in [-0.15, -0.1) is 0 Å². The van der Waals surface area contributed by atoms with Gasteiger partial charge in [-0.25, -0.2) is 8.42 Å². The van der Waals surface area contributed by atoms with E-state index in [9.17, 15) is 8.42 Å². The molecule has 1 heterocycles. The van der Waals surface area contributed by atoms with E-state index in [-0.39, 0.29) is 5.92 Å². The van der Waals surface area contributed by atoms with E-state index in [4.69, 9.17) is 0 Å². The molecule has 1 fully saturated rings. The van der Waals surface area contributed by atoms with Crippen molar-refractivity contribution in [2.75, 3.05) is 13.1 Å². The van der Waals surface area contributed by atoms with Gasteiger partial charge in [-0.05, 0) is 44.0 Å². The Bertz CT molecular complexity index is 922. The summed E-state index contributed by atoms with van der Waals surface area (Å²) in [5.41, 5.74) is 4.48. The fourth-order valence-electron chi connectivity index (χ4n) is 3.24. The fraction of sp³-hybridized carbons (Fsp3) is 0.273. The second-order valence-corrected chi connectivity index (χ2v) is 9.03. The van der Waals surface area contributed by atoms with Crippen molar-refractivity contribution in [3.63, 3.8) is 0 Å². The highest BCUT2D eigenvalue weighted by Crippen LogP contribution is 2.31. The van der Waals surface area contributed by atoms with Crippen LogP contribution in [0.15, 0.2) is 76.7 Å². The molecule has 1 saturated heterocycles. The Hall–Kier alpha value is -2.17. The molecule has 26 heavy (non-hydrogen) atoms. The van der Waals surface area contributed by atoms with Gasteiger partial charge in [0, 0.05) is 19.0 Å². The third-order valence-corrected chi connectivity index (χ3v) is 6.41. The van der Waals surface area contributed by atoms with Gasteiger partial charge in [0.1, 0.15) is 0 Å². The molecule has 0 amide bonds. The van der Waals surface area contributed by atoms with Crippen LogP contribution in [-0.2, 0) is 10.0 Å². The Kier molecular flexibility index (Phi) is 5.44. The van der Waals surface area contributed by atoms with Gasteiger partial charge >= 0.3 is 0 Å². The minimum atomic E-state index is -3.49. The number of aryl methyl sites for hydroxylation is 1. The van der Waals surface area contributed by atoms with Gasteiger partial charge < -0.3 is 0 Å². The molecule has 1 unspecified atom stereocenters. The number of benzene rings is 2. The zero-order valence-corrected chi connectivity index (χ0v) is 16.3. The van der Waals surface area contributed by atoms with Crippen LogP contribution in [0.2, 0.25) is 0 Å². The number of hydrogen-bond acceptors (Lipinski definition) is 2. The van der Waals surface area contributed by atoms with Crippen LogP contribution in [0, 0.1) is 12.8 Å². The van der Waals surface area contributed by atoms with Gasteiger partial charge in [-0.2, -0.15) is 4.31 Å². The summed E-state index contributed by atoms with van der Waals surface area (Å²) in [6, 6.07) is 17.1. The zero-order chi connectivity index (χ0) is 18.7. The van der Waals surface area contributed by atoms with Gasteiger partial charge in [-0.3, -0.25) is 0 Å². The van der Waals surface area contributed by atoms with E-state index in [1.807, 2.05) is 49.4 Å². The lowest BCUT2D eigenvalue weighted by atomic mass is 9.98. The third kappa shape index (κ3) is 4.14. The summed E-state index contributed by atoms with van der Waals surface area (Å²) in [4.78, 5) is 0.361. The van der Waals surface area contributed by atoms with Crippen LogP contribution < -0.4 is 0 Å². The first-order chi connectivity index (χ1) is 12.4. The molecule has 1 aliphatic heterocycles. The maximum absolute atomic E-state index is 13.1. The number of rotatable bonds is 4. The molecule has 3 rings (SSSR count). The predicted octanol–water partition coefficient (Wildman–Crippen LogP) is 4.67. The normalized spacial score (nSPS) is 19.7. The van der Waals surface area contributed by atoms with Crippen LogP contribution in [0.1, 0.15) is 25.0 Å². The molecule has 0 aliphatic carbocycles. The van der Waals surface area contributed by atoms with Crippen LogP contribution in [0.3, 0.4) is 0 Å². The number of nitrogens with zero attached hydrogens (tertiary/aromatic N) is 1. The summed E-state index contributed by atoms with van der Waals surface area (Å²) in [5.74, 6) is 0.112. The average molecular weight is 368 g/mol. The summed E-state index contributed by atoms with van der Waals surface area (Å²) < 4.78 is 27.7. The highest BCUT2D eigenvalue weighted by Gasteiger charge is 2.34. The molecule has 0 saturated carbocycles. The summed E-state index contributed by atoms with van der Waals surface area (Å²) in [7, 11) is -3.49. The largest absolute Gasteiger partial charge is 0.243 e. The van der Waals surface area contributed by atoms with E-state index < -0.39 is 10.0 Å². The first-order valence-electron chi connectivity index (χ1n) is 8.83. The van der Waals surface area contributed by atoms with Crippen LogP contribution >= 0.6 is 0 Å². The van der Waals surface area contributed by atoms with Crippen molar-refractivity contribution in [1.29, 1.82) is 0 Å². The van der Waals surface area contributed by atoms with Gasteiger partial charge in [-0.1, -0.05) is 65.8 Å². The van der Waals surface area contributed by atoms with Crippen molar-refractivity contribution in [3.8, 4) is 0 Å². The monoisotopic (exact) mass is 367 g/mol. The average Bonchev–Trinajstić information content (AvgIpc) is 2.99. The van der Waals surface area contributed by atoms with Crippen LogP contribution in [-0.4, -0.2) is 25.8 Å². The molecule has 136 valence electrons. The van der Waals surface area contributed by atoms with E-state index in [1.165, 1.54) is 5.57 Å². The Morgan fingerprint density at radius 2 is 1.69 bits per heavy atom. The molecule has 2 aromatic carbocycles. The molecule has 3 nitrogen and oxygen atoms in total. The summed E-state index contributed by atoms with van der Waals surface area (Å²) in [5, 5.41) is 0. The lowest BCUT2D eigenvalue weighted by Crippen LogP contribution is -2.28. The second-order valence-electron chi connectivity index (χ2n) is 7.09. The van der Waals surface area contributed by atoms with Crippen molar-refractivity contribution >= 4 is 16.1 Å². The maximum atomic E-state index is 13.1. The first-order valence-corrected chi connectivity index (χ1v) is 10.3. The van der Waals surface area contributed by atoms with Crippen molar-refractivity contribution in [2.45, 2.75) is 25.7 Å². The quantitative estimate of drug-likeness (QED) is 0.737. The Morgan fingerprint density at radius 1 is 1.04 bits per heavy atom. The molecule has 0 aromatic heterocycles. The Labute approximate surface area is 156 Å². The minimum Gasteiger partial charge on any atom is -0.207 e. The lowest BCUT2D eigenvalue weighted by Gasteiger charge is -2.15. The highest BCUT2D eigenvalue weighted by atomic mass is 32.2. The third-order valence-electron chi connectivity index (χ3n) is 4.58. The predicted molar refractivity (Wildman–Crippen MR) is 107 cm³/mol. The van der Waals surface area contributed by atoms with E-state index >= 15 is 0 Å². The van der Waals surface area contributed by atoms with Crippen molar-refractivity contribution < 1.29 is 8.42 Å². The molecule has 2 aromatic rings. The molecular weight excluding hydrogens is 342 g/mol. The molecule has 4 heteroatoms. The number of sulfonamides is 1. The van der Waals surface area contributed by atoms with E-state index in [2.05, 4.69) is 26.0 Å². The summed E-state index contributed by atoms with van der Waals surface area (Å²) in [6.45, 7) is 6.98. The molecule has 1 aliphatic rings. The molecule has 1 atom stereocenters. The smallest absolute Gasteiger partial charge is 0.207 e. The topological polar surface area (TPSA) is 37.4 Å². The minimum absolute atomic E-state index is 0.112. The second kappa shape index (κ2) is 7.60. The molecule has 0 radical (unpaired) electrons. The zero-order valence-electron chi connectivity index (χ0n) is 15.5. The number of hydrogen-bond donors (Lipinski definition) is 0. The molecule has 0 bridgehead atoms. The fourth-order valence-corrected chi connectivity index (χ4v) is 4.70. The molecular formula is C22H25NO2S. The van der Waals surface area contributed by atoms with E-state index in [0.717, 1.165) is 16.7 Å². The highest BCUT2D eigenvalue weighted by molar-refractivity contribution is 7.89. The van der Waals surface area contributed by atoms with Crippen molar-refractivity contribution in [3.05, 3.63) is 82.9 Å². The first kappa shape index (κ1) is 18.6. The standard InChI is InChI=1S/C22H25NO2S/c1-17(2)13-20-15-23(16-21(20)14-19-7-5-4-6-8-19)26(24,25)22-11-9-18(3)10-12-22/h4-14,20H,15-16H2,1-3H3/b21-14+. The van der Waals surface area contributed by atoms with Crippen LogP contribution in [0.5, 0.6) is 0 Å². The van der Waals surface area contributed by atoms with Gasteiger partial charge in [0.2, 0.25) is 10.0 Å². The van der Waals surface area contributed by atoms with Gasteiger partial charge in [0.25, 0.3) is 0 Å². The number of allylic oxidation sites excluding steroid dienone is 1. The summed E-state index contributed by atoms with van der Waals surface area (Å²) in [6.07, 6.45) is 4.29. The van der Waals surface area contributed by atoms with Crippen LogP contribution in [0.4, 0.5) is 0 Å². The van der Waals surface area contributed by atoms with E-state index in [1.54, 1.807) is 16.4 Å². The van der Waals surface area contributed by atoms with Gasteiger partial charge in [0.05, 0.1) is 4.90 Å². The Morgan fingerprint density at radius 3 is 2.31 bits per heavy atom. The molecule has 0 spiro atoms. The maximum Gasteiger partial charge on any atom is 0.243 e. The van der Waals surface area contributed by atoms with Crippen molar-refractivity contribution in [2.24, 2.45) is 5.92 Å². The van der Waals surface area contributed by atoms with Gasteiger partial charge in [0.15, 0.2) is 0 Å². The van der Waals surface area contributed by atoms with E-state index in [0.29, 0.717) is 18.0 Å². The van der Waals surface area contributed by atoms with Crippen LogP contribution in [0.25, 0.3) is 6.08 Å². The lowest BCUT2D eigenvalue weighted by molar-refractivity contribution is 0.471. The SMILES string of the molecule is CC(C)=CC1CN(S(=O)(=O)c2ccc(C)cc2)C/C1=C\c1ccccc1.